The highest BCUT2D eigenvalue weighted by Crippen LogP contribution is 2.39. The molecule has 1 amide bonds. The molecule has 1 N–H and O–H groups in total. The summed E-state index contributed by atoms with van der Waals surface area (Å²) in [6, 6.07) is 13.4. The Morgan fingerprint density at radius 2 is 1.93 bits per heavy atom. The molecular weight excluding hydrogens is 377 g/mol. The van der Waals surface area contributed by atoms with E-state index in [1.165, 1.54) is 29.8 Å². The van der Waals surface area contributed by atoms with Gasteiger partial charge in [-0.1, -0.05) is 19.1 Å². The monoisotopic (exact) mass is 403 g/mol. The molecule has 1 heterocycles. The molecule has 0 radical (unpaired) electrons. The van der Waals surface area contributed by atoms with E-state index in [1.54, 1.807) is 6.08 Å². The van der Waals surface area contributed by atoms with E-state index in [0.29, 0.717) is 5.69 Å². The fraction of sp³-hybridized carbons (Fsp3) is 0.280. The molecule has 0 saturated heterocycles. The van der Waals surface area contributed by atoms with E-state index in [1.807, 2.05) is 18.2 Å². The summed E-state index contributed by atoms with van der Waals surface area (Å²) in [5, 5.41) is 12.1. The Balaban J connectivity index is 1.91. The molecule has 2 aromatic carbocycles. The van der Waals surface area contributed by atoms with Crippen molar-refractivity contribution in [3.8, 4) is 6.07 Å². The predicted octanol–water partition coefficient (Wildman–Crippen LogP) is 5.78. The maximum absolute atomic E-state index is 13.0. The number of nitrogens with zero attached hydrogens (tertiary/aromatic N) is 2. The lowest BCUT2D eigenvalue weighted by Crippen LogP contribution is -2.45. The average molecular weight is 404 g/mol. The second-order valence-electron chi connectivity index (χ2n) is 8.04. The normalized spacial score (nSPS) is 15.1. The van der Waals surface area contributed by atoms with E-state index in [-0.39, 0.29) is 16.9 Å². The number of hydrogen-bond acceptors (Lipinski definition) is 3. The highest BCUT2D eigenvalue weighted by Gasteiger charge is 2.30. The SMILES string of the molecule is CCCN1c2ccc(/C=C(\C#N)C(=O)Nc3ccc(F)cc3)cc2C(C)=CC1(C)C. The van der Waals surface area contributed by atoms with Crippen LogP contribution in [0.1, 0.15) is 45.2 Å². The maximum atomic E-state index is 13.0. The van der Waals surface area contributed by atoms with Crippen LogP contribution in [0, 0.1) is 17.1 Å². The minimum atomic E-state index is -0.525. The number of nitriles is 1. The van der Waals surface area contributed by atoms with Gasteiger partial charge in [0.25, 0.3) is 5.91 Å². The number of fused-ring (bicyclic) bond motifs is 1. The molecule has 0 aliphatic carbocycles. The number of carbonyl (C=O) groups is 1. The van der Waals surface area contributed by atoms with Crippen LogP contribution in [0.3, 0.4) is 0 Å². The van der Waals surface area contributed by atoms with Crippen LogP contribution in [0.5, 0.6) is 0 Å². The summed E-state index contributed by atoms with van der Waals surface area (Å²) < 4.78 is 13.0. The highest BCUT2D eigenvalue weighted by atomic mass is 19.1. The topological polar surface area (TPSA) is 56.1 Å². The first-order valence-corrected chi connectivity index (χ1v) is 10.1. The van der Waals surface area contributed by atoms with Crippen molar-refractivity contribution in [2.75, 3.05) is 16.8 Å². The summed E-state index contributed by atoms with van der Waals surface area (Å²) >= 11 is 0. The van der Waals surface area contributed by atoms with Crippen LogP contribution in [0.15, 0.2) is 54.1 Å². The zero-order valence-corrected chi connectivity index (χ0v) is 17.8. The second kappa shape index (κ2) is 8.54. The summed E-state index contributed by atoms with van der Waals surface area (Å²) in [7, 11) is 0. The van der Waals surface area contributed by atoms with E-state index in [2.05, 4.69) is 50.1 Å². The number of halogens is 1. The molecule has 30 heavy (non-hydrogen) atoms. The third kappa shape index (κ3) is 4.44. The van der Waals surface area contributed by atoms with Gasteiger partial charge in [0.2, 0.25) is 0 Å². The van der Waals surface area contributed by atoms with Gasteiger partial charge in [-0.15, -0.1) is 0 Å². The highest BCUT2D eigenvalue weighted by molar-refractivity contribution is 6.09. The molecule has 1 aliphatic rings. The molecule has 4 nitrogen and oxygen atoms in total. The first-order chi connectivity index (χ1) is 14.2. The number of allylic oxidation sites excluding steroid dienone is 1. The van der Waals surface area contributed by atoms with Gasteiger partial charge in [-0.05, 0) is 80.8 Å². The van der Waals surface area contributed by atoms with Gasteiger partial charge in [0.15, 0.2) is 0 Å². The van der Waals surface area contributed by atoms with Crippen molar-refractivity contribution in [2.45, 2.75) is 39.7 Å². The van der Waals surface area contributed by atoms with E-state index >= 15 is 0 Å². The van der Waals surface area contributed by atoms with Crippen LogP contribution in [0.2, 0.25) is 0 Å². The molecule has 2 aromatic rings. The number of nitrogens with one attached hydrogen (secondary N) is 1. The molecular formula is C25H26FN3O. The number of carbonyl (C=O) groups excluding carboxylic acids is 1. The number of rotatable bonds is 5. The van der Waals surface area contributed by atoms with Crippen molar-refractivity contribution in [3.63, 3.8) is 0 Å². The van der Waals surface area contributed by atoms with Crippen molar-refractivity contribution in [3.05, 3.63) is 71.1 Å². The minimum absolute atomic E-state index is 0.0116. The average Bonchev–Trinajstić information content (AvgIpc) is 2.70. The van der Waals surface area contributed by atoms with Crippen LogP contribution in [-0.2, 0) is 4.79 Å². The molecule has 0 saturated carbocycles. The molecule has 1 aliphatic heterocycles. The third-order valence-corrected chi connectivity index (χ3v) is 5.23. The fourth-order valence-electron chi connectivity index (χ4n) is 3.87. The smallest absolute Gasteiger partial charge is 0.266 e. The Morgan fingerprint density at radius 3 is 2.57 bits per heavy atom. The first kappa shape index (κ1) is 21.3. The summed E-state index contributed by atoms with van der Waals surface area (Å²) in [5.41, 5.74) is 4.57. The van der Waals surface area contributed by atoms with Gasteiger partial charge in [0.1, 0.15) is 17.5 Å². The van der Waals surface area contributed by atoms with Crippen molar-refractivity contribution in [1.29, 1.82) is 5.26 Å². The molecule has 0 fully saturated rings. The Labute approximate surface area is 177 Å². The predicted molar refractivity (Wildman–Crippen MR) is 120 cm³/mol. The van der Waals surface area contributed by atoms with E-state index in [0.717, 1.165) is 29.8 Å². The standard InChI is InChI=1S/C25H26FN3O/c1-5-12-29-23-11-6-18(14-22(23)17(2)15-25(29,3)4)13-19(16-27)24(30)28-21-9-7-20(26)8-10-21/h6-11,13-15H,5,12H2,1-4H3,(H,28,30)/b19-13+. The fourth-order valence-corrected chi connectivity index (χ4v) is 3.87. The van der Waals surface area contributed by atoms with Gasteiger partial charge < -0.3 is 10.2 Å². The van der Waals surface area contributed by atoms with Gasteiger partial charge in [-0.25, -0.2) is 4.39 Å². The van der Waals surface area contributed by atoms with E-state index in [4.69, 9.17) is 0 Å². The van der Waals surface area contributed by atoms with Gasteiger partial charge in [0, 0.05) is 23.5 Å². The summed E-state index contributed by atoms with van der Waals surface area (Å²) in [6.45, 7) is 9.61. The lowest BCUT2D eigenvalue weighted by molar-refractivity contribution is -0.112. The molecule has 0 bridgehead atoms. The number of amides is 1. The summed E-state index contributed by atoms with van der Waals surface area (Å²) in [6.07, 6.45) is 4.88. The van der Waals surface area contributed by atoms with Crippen LogP contribution in [0.4, 0.5) is 15.8 Å². The maximum Gasteiger partial charge on any atom is 0.266 e. The molecule has 0 unspecified atom stereocenters. The van der Waals surface area contributed by atoms with Gasteiger partial charge in [-0.2, -0.15) is 5.26 Å². The van der Waals surface area contributed by atoms with Gasteiger partial charge in [-0.3, -0.25) is 4.79 Å². The van der Waals surface area contributed by atoms with Crippen LogP contribution in [-0.4, -0.2) is 18.0 Å². The van der Waals surface area contributed by atoms with Crippen molar-refractivity contribution >= 4 is 28.9 Å². The van der Waals surface area contributed by atoms with Crippen LogP contribution in [0.25, 0.3) is 11.6 Å². The number of anilines is 2. The quantitative estimate of drug-likeness (QED) is 0.508. The number of hydrogen-bond donors (Lipinski definition) is 1. The van der Waals surface area contributed by atoms with Gasteiger partial charge >= 0.3 is 0 Å². The molecule has 3 rings (SSSR count). The van der Waals surface area contributed by atoms with E-state index in [9.17, 15) is 14.4 Å². The minimum Gasteiger partial charge on any atom is -0.362 e. The van der Waals surface area contributed by atoms with Gasteiger partial charge in [0.05, 0.1) is 5.54 Å². The molecule has 0 aromatic heterocycles. The zero-order chi connectivity index (χ0) is 21.9. The lowest BCUT2D eigenvalue weighted by Gasteiger charge is -2.43. The van der Waals surface area contributed by atoms with Crippen molar-refractivity contribution < 1.29 is 9.18 Å². The van der Waals surface area contributed by atoms with Crippen molar-refractivity contribution in [1.82, 2.24) is 0 Å². The van der Waals surface area contributed by atoms with Crippen LogP contribution < -0.4 is 10.2 Å². The molecule has 5 heteroatoms. The first-order valence-electron chi connectivity index (χ1n) is 10.1. The Bertz CT molecular complexity index is 1060. The van der Waals surface area contributed by atoms with Crippen LogP contribution >= 0.6 is 0 Å². The Hall–Kier alpha value is -3.39. The second-order valence-corrected chi connectivity index (χ2v) is 8.04. The molecule has 0 atom stereocenters. The third-order valence-electron chi connectivity index (χ3n) is 5.23. The Kier molecular flexibility index (Phi) is 6.07. The van der Waals surface area contributed by atoms with E-state index < -0.39 is 5.91 Å². The largest absolute Gasteiger partial charge is 0.362 e. The summed E-state index contributed by atoms with van der Waals surface area (Å²) in [4.78, 5) is 14.9. The number of benzene rings is 2. The summed E-state index contributed by atoms with van der Waals surface area (Å²) in [5.74, 6) is -0.912. The van der Waals surface area contributed by atoms with Crippen molar-refractivity contribution in [2.24, 2.45) is 0 Å². The molecule has 0 spiro atoms. The Morgan fingerprint density at radius 1 is 1.23 bits per heavy atom. The lowest BCUT2D eigenvalue weighted by atomic mass is 9.87. The zero-order valence-electron chi connectivity index (χ0n) is 17.8. The molecule has 154 valence electrons.